The Morgan fingerprint density at radius 3 is 2.53 bits per heavy atom. The average Bonchev–Trinajstić information content (AvgIpc) is 2.91. The quantitative estimate of drug-likeness (QED) is 0.342. The van der Waals surface area contributed by atoms with Crippen LogP contribution in [0, 0.1) is 5.92 Å². The first-order valence-electron chi connectivity index (χ1n) is 12.2. The molecule has 3 aromatic rings. The van der Waals surface area contributed by atoms with Gasteiger partial charge in [-0.25, -0.2) is 9.97 Å². The van der Waals surface area contributed by atoms with E-state index in [2.05, 4.69) is 32.5 Å². The summed E-state index contributed by atoms with van der Waals surface area (Å²) in [6, 6.07) is 10.3. The Bertz CT molecular complexity index is 1250. The van der Waals surface area contributed by atoms with Gasteiger partial charge in [-0.1, -0.05) is 24.9 Å². The highest BCUT2D eigenvalue weighted by molar-refractivity contribution is 7.99. The van der Waals surface area contributed by atoms with E-state index < -0.39 is 11.7 Å². The highest BCUT2D eigenvalue weighted by atomic mass is 32.2. The number of nitrogens with one attached hydrogen (secondary N) is 2. The van der Waals surface area contributed by atoms with Gasteiger partial charge in [-0.15, -0.1) is 0 Å². The second-order valence-electron chi connectivity index (χ2n) is 9.15. The van der Waals surface area contributed by atoms with Crippen LogP contribution in [0.1, 0.15) is 41.3 Å². The topological polar surface area (TPSA) is 86.3 Å². The number of piperidine rings is 1. The van der Waals surface area contributed by atoms with Crippen molar-refractivity contribution in [2.24, 2.45) is 5.92 Å². The van der Waals surface area contributed by atoms with Crippen LogP contribution in [-0.4, -0.2) is 52.2 Å². The minimum atomic E-state index is -4.64. The molecule has 0 atom stereocenters. The number of hydrogen-bond donors (Lipinski definition) is 2. The summed E-state index contributed by atoms with van der Waals surface area (Å²) in [5.41, 5.74) is 0.858. The fourth-order valence-corrected chi connectivity index (χ4v) is 4.46. The summed E-state index contributed by atoms with van der Waals surface area (Å²) in [7, 11) is 1.83. The molecule has 202 valence electrons. The molecule has 2 N–H and O–H groups in total. The molecule has 1 fully saturated rings. The Hall–Kier alpha value is -3.54. The molecule has 38 heavy (non-hydrogen) atoms. The van der Waals surface area contributed by atoms with E-state index in [1.165, 1.54) is 11.9 Å². The molecule has 0 aliphatic carbocycles. The van der Waals surface area contributed by atoms with Crippen molar-refractivity contribution < 1.29 is 18.0 Å². The van der Waals surface area contributed by atoms with Gasteiger partial charge in [-0.3, -0.25) is 4.79 Å². The molecule has 1 aliphatic heterocycles. The maximum Gasteiger partial charge on any atom is 0.421 e. The number of anilines is 4. The Morgan fingerprint density at radius 2 is 1.87 bits per heavy atom. The zero-order chi connectivity index (χ0) is 27.3. The summed E-state index contributed by atoms with van der Waals surface area (Å²) >= 11 is 1.44. The van der Waals surface area contributed by atoms with Crippen molar-refractivity contribution in [3.05, 3.63) is 65.5 Å². The third kappa shape index (κ3) is 6.66. The van der Waals surface area contributed by atoms with E-state index in [-0.39, 0.29) is 24.2 Å². The van der Waals surface area contributed by atoms with Gasteiger partial charge in [0.2, 0.25) is 5.95 Å². The van der Waals surface area contributed by atoms with Crippen LogP contribution in [0.15, 0.2) is 48.8 Å². The van der Waals surface area contributed by atoms with Crippen LogP contribution in [0.4, 0.5) is 36.4 Å². The van der Waals surface area contributed by atoms with Gasteiger partial charge in [-0.2, -0.15) is 18.2 Å². The van der Waals surface area contributed by atoms with E-state index in [4.69, 9.17) is 0 Å². The summed E-state index contributed by atoms with van der Waals surface area (Å²) in [5, 5.41) is 5.74. The zero-order valence-electron chi connectivity index (χ0n) is 21.4. The Morgan fingerprint density at radius 1 is 1.16 bits per heavy atom. The number of amides is 1. The minimum Gasteiger partial charge on any atom is -0.365 e. The van der Waals surface area contributed by atoms with Crippen LogP contribution in [0.25, 0.3) is 0 Å². The molecular weight excluding hydrogens is 515 g/mol. The minimum absolute atomic E-state index is 0.00256. The monoisotopic (exact) mass is 545 g/mol. The van der Waals surface area contributed by atoms with Gasteiger partial charge in [0.15, 0.2) is 0 Å². The van der Waals surface area contributed by atoms with Crippen molar-refractivity contribution in [3.63, 3.8) is 0 Å². The molecule has 1 saturated heterocycles. The summed E-state index contributed by atoms with van der Waals surface area (Å²) in [6.45, 7) is 3.75. The number of aromatic nitrogens is 3. The fourth-order valence-electron chi connectivity index (χ4n) is 4.12. The van der Waals surface area contributed by atoms with Gasteiger partial charge in [0, 0.05) is 62.1 Å². The van der Waals surface area contributed by atoms with Crippen molar-refractivity contribution in [1.29, 1.82) is 0 Å². The number of benzene rings is 1. The number of nitrogens with zero attached hydrogens (tertiary/aromatic N) is 5. The predicted octanol–water partition coefficient (Wildman–Crippen LogP) is 5.83. The van der Waals surface area contributed by atoms with Crippen molar-refractivity contribution >= 4 is 41.1 Å². The van der Waals surface area contributed by atoms with Crippen LogP contribution in [-0.2, 0) is 12.7 Å². The van der Waals surface area contributed by atoms with E-state index in [1.807, 2.05) is 22.5 Å². The number of alkyl halides is 3. The number of rotatable bonds is 8. The molecule has 0 unspecified atom stereocenters. The number of hydrogen-bond acceptors (Lipinski definition) is 8. The van der Waals surface area contributed by atoms with E-state index in [9.17, 15) is 18.0 Å². The predicted molar refractivity (Wildman–Crippen MR) is 145 cm³/mol. The van der Waals surface area contributed by atoms with Crippen LogP contribution in [0.5, 0.6) is 0 Å². The SMILES string of the molecule is CSN(C)c1ncccc1CNc1nc(Nc2ccc(C(=O)N3CCC(C)CC3)cc2)ncc1C(F)(F)F. The lowest BCUT2D eigenvalue weighted by atomic mass is 9.98. The van der Waals surface area contributed by atoms with Crippen molar-refractivity contribution in [1.82, 2.24) is 19.9 Å². The third-order valence-corrected chi connectivity index (χ3v) is 7.16. The summed E-state index contributed by atoms with van der Waals surface area (Å²) in [4.78, 5) is 27.0. The molecule has 8 nitrogen and oxygen atoms in total. The first-order chi connectivity index (χ1) is 18.2. The summed E-state index contributed by atoms with van der Waals surface area (Å²) in [5.74, 6) is 0.890. The third-order valence-electron chi connectivity index (χ3n) is 6.44. The lowest BCUT2D eigenvalue weighted by molar-refractivity contribution is -0.137. The molecule has 1 aromatic carbocycles. The van der Waals surface area contributed by atoms with Gasteiger partial charge >= 0.3 is 6.18 Å². The number of carbonyl (C=O) groups is 1. The second-order valence-corrected chi connectivity index (χ2v) is 10.1. The number of carbonyl (C=O) groups excluding carboxylic acids is 1. The number of likely N-dealkylation sites (tertiary alicyclic amines) is 1. The molecule has 2 aromatic heterocycles. The highest BCUT2D eigenvalue weighted by Gasteiger charge is 2.35. The molecule has 1 aliphatic rings. The Labute approximate surface area is 224 Å². The molecule has 1 amide bonds. The number of pyridine rings is 1. The maximum absolute atomic E-state index is 13.7. The second kappa shape index (κ2) is 11.9. The van der Waals surface area contributed by atoms with Crippen LogP contribution in [0.2, 0.25) is 0 Å². The molecule has 0 spiro atoms. The standard InChI is InChI=1S/C26H30F3N7OS/c1-17-10-13-36(14-11-17)24(37)18-6-8-20(9-7-18)33-25-32-16-21(26(27,28)29)22(34-25)31-15-19-5-4-12-30-23(19)35(2)38-3/h4-9,12,16-17H,10-11,13-15H2,1-3H3,(H2,31,32,33,34). The Kier molecular flexibility index (Phi) is 8.60. The Balaban J connectivity index is 1.49. The van der Waals surface area contributed by atoms with Crippen molar-refractivity contribution in [2.75, 3.05) is 41.3 Å². The van der Waals surface area contributed by atoms with Gasteiger partial charge in [0.05, 0.1) is 0 Å². The largest absolute Gasteiger partial charge is 0.421 e. The number of halogens is 3. The van der Waals surface area contributed by atoms with E-state index in [0.29, 0.717) is 28.6 Å². The first-order valence-corrected chi connectivity index (χ1v) is 13.4. The first kappa shape index (κ1) is 27.5. The van der Waals surface area contributed by atoms with Gasteiger partial charge < -0.3 is 19.8 Å². The van der Waals surface area contributed by atoms with Crippen LogP contribution < -0.4 is 14.9 Å². The van der Waals surface area contributed by atoms with Crippen LogP contribution >= 0.6 is 11.9 Å². The van der Waals surface area contributed by atoms with Crippen molar-refractivity contribution in [2.45, 2.75) is 32.5 Å². The maximum atomic E-state index is 13.7. The summed E-state index contributed by atoms with van der Waals surface area (Å²) < 4.78 is 42.9. The van der Waals surface area contributed by atoms with Gasteiger partial charge in [-0.05, 0) is 49.1 Å². The van der Waals surface area contributed by atoms with Gasteiger partial charge in [0.25, 0.3) is 5.91 Å². The molecule has 0 bridgehead atoms. The summed E-state index contributed by atoms with van der Waals surface area (Å²) in [6.07, 6.45) is 1.61. The zero-order valence-corrected chi connectivity index (χ0v) is 22.2. The van der Waals surface area contributed by atoms with Crippen molar-refractivity contribution in [3.8, 4) is 0 Å². The molecule has 3 heterocycles. The lowest BCUT2D eigenvalue weighted by Gasteiger charge is -2.30. The molecular formula is C26H30F3N7OS. The lowest BCUT2D eigenvalue weighted by Crippen LogP contribution is -2.37. The van der Waals surface area contributed by atoms with E-state index in [1.54, 1.807) is 42.6 Å². The highest BCUT2D eigenvalue weighted by Crippen LogP contribution is 2.34. The van der Waals surface area contributed by atoms with Crippen LogP contribution in [0.3, 0.4) is 0 Å². The fraction of sp³-hybridized carbons (Fsp3) is 0.385. The molecule has 0 saturated carbocycles. The normalized spacial score (nSPS) is 14.3. The molecule has 4 rings (SSSR count). The van der Waals surface area contributed by atoms with E-state index in [0.717, 1.165) is 32.1 Å². The molecule has 0 radical (unpaired) electrons. The van der Waals surface area contributed by atoms with Gasteiger partial charge in [0.1, 0.15) is 17.2 Å². The average molecular weight is 546 g/mol. The smallest absolute Gasteiger partial charge is 0.365 e. The van der Waals surface area contributed by atoms with E-state index >= 15 is 0 Å². The molecule has 12 heteroatoms.